The Bertz CT molecular complexity index is 465. The fourth-order valence-electron chi connectivity index (χ4n) is 2.26. The zero-order valence-corrected chi connectivity index (χ0v) is 13.7. The molecule has 0 unspecified atom stereocenters. The van der Waals surface area contributed by atoms with E-state index in [1.807, 2.05) is 0 Å². The van der Waals surface area contributed by atoms with Crippen LogP contribution in [0.15, 0.2) is 24.3 Å². The van der Waals surface area contributed by atoms with E-state index in [1.165, 1.54) is 7.11 Å². The molecule has 5 heteroatoms. The highest BCUT2D eigenvalue weighted by Crippen LogP contribution is 2.11. The van der Waals surface area contributed by atoms with Gasteiger partial charge in [-0.25, -0.2) is 4.79 Å². The van der Waals surface area contributed by atoms with Gasteiger partial charge >= 0.3 is 5.97 Å². The van der Waals surface area contributed by atoms with Gasteiger partial charge in [-0.2, -0.15) is 0 Å². The average Bonchev–Trinajstić information content (AvgIpc) is 2.53. The smallest absolute Gasteiger partial charge is 0.337 e. The van der Waals surface area contributed by atoms with Crippen LogP contribution in [0.5, 0.6) is 0 Å². The lowest BCUT2D eigenvalue weighted by Crippen LogP contribution is -2.29. The number of ether oxygens (including phenoxy) is 1. The van der Waals surface area contributed by atoms with Crippen molar-refractivity contribution in [2.24, 2.45) is 0 Å². The van der Waals surface area contributed by atoms with Gasteiger partial charge in [-0.15, -0.1) is 0 Å². The molecule has 0 radical (unpaired) electrons. The van der Waals surface area contributed by atoms with E-state index in [0.717, 1.165) is 32.5 Å². The van der Waals surface area contributed by atoms with E-state index < -0.39 is 0 Å². The summed E-state index contributed by atoms with van der Waals surface area (Å²) in [6.07, 6.45) is 2.66. The van der Waals surface area contributed by atoms with Gasteiger partial charge in [-0.3, -0.25) is 4.79 Å². The molecule has 0 aliphatic heterocycles. The normalized spacial score (nSPS) is 10.5. The number of methoxy groups -OCH3 is 1. The Labute approximate surface area is 132 Å². The maximum atomic E-state index is 12.0. The second-order valence-corrected chi connectivity index (χ2v) is 5.21. The van der Waals surface area contributed by atoms with Crippen molar-refractivity contribution >= 4 is 17.6 Å². The second kappa shape index (κ2) is 9.95. The third kappa shape index (κ3) is 6.26. The van der Waals surface area contributed by atoms with Gasteiger partial charge in [-0.1, -0.05) is 13.8 Å². The maximum Gasteiger partial charge on any atom is 0.337 e. The first-order chi connectivity index (χ1) is 10.6. The number of amides is 1. The minimum atomic E-state index is -0.382. The van der Waals surface area contributed by atoms with Gasteiger partial charge < -0.3 is 15.0 Å². The summed E-state index contributed by atoms with van der Waals surface area (Å²) >= 11 is 0. The number of nitrogens with zero attached hydrogens (tertiary/aromatic N) is 1. The highest BCUT2D eigenvalue weighted by molar-refractivity contribution is 5.93. The first-order valence-corrected chi connectivity index (χ1v) is 7.81. The summed E-state index contributed by atoms with van der Waals surface area (Å²) in [7, 11) is 1.34. The van der Waals surface area contributed by atoms with E-state index >= 15 is 0 Å². The first kappa shape index (κ1) is 18.2. The summed E-state index contributed by atoms with van der Waals surface area (Å²) < 4.78 is 4.64. The predicted molar refractivity (Wildman–Crippen MR) is 88.1 cm³/mol. The molecule has 0 atom stereocenters. The number of rotatable bonds is 9. The van der Waals surface area contributed by atoms with Crippen LogP contribution in [-0.2, 0) is 9.53 Å². The first-order valence-electron chi connectivity index (χ1n) is 7.81. The van der Waals surface area contributed by atoms with Crippen LogP contribution in [0.2, 0.25) is 0 Å². The number of nitrogens with one attached hydrogen (secondary N) is 1. The van der Waals surface area contributed by atoms with Gasteiger partial charge in [0.15, 0.2) is 0 Å². The Morgan fingerprint density at radius 1 is 1.05 bits per heavy atom. The number of benzene rings is 1. The Morgan fingerprint density at radius 3 is 2.14 bits per heavy atom. The van der Waals surface area contributed by atoms with Crippen molar-refractivity contribution in [1.82, 2.24) is 4.90 Å². The SMILES string of the molecule is CCCN(CCC)CCC(=O)Nc1ccc(C(=O)OC)cc1. The third-order valence-electron chi connectivity index (χ3n) is 3.32. The van der Waals surface area contributed by atoms with E-state index in [0.29, 0.717) is 17.7 Å². The summed E-state index contributed by atoms with van der Waals surface area (Å²) in [5.41, 5.74) is 1.16. The van der Waals surface area contributed by atoms with Gasteiger partial charge in [0.1, 0.15) is 0 Å². The summed E-state index contributed by atoms with van der Waals surface area (Å²) in [6, 6.07) is 6.70. The monoisotopic (exact) mass is 306 g/mol. The molecule has 1 aromatic carbocycles. The molecular weight excluding hydrogens is 280 g/mol. The molecule has 0 aromatic heterocycles. The average molecular weight is 306 g/mol. The standard InChI is InChI=1S/C17H26N2O3/c1-4-11-19(12-5-2)13-10-16(20)18-15-8-6-14(7-9-15)17(21)22-3/h6-9H,4-5,10-13H2,1-3H3,(H,18,20). The number of carbonyl (C=O) groups is 2. The predicted octanol–water partition coefficient (Wildman–Crippen LogP) is 2.92. The molecule has 5 nitrogen and oxygen atoms in total. The Balaban J connectivity index is 2.45. The molecule has 1 N–H and O–H groups in total. The third-order valence-corrected chi connectivity index (χ3v) is 3.32. The zero-order valence-electron chi connectivity index (χ0n) is 13.7. The van der Waals surface area contributed by atoms with Crippen molar-refractivity contribution in [2.75, 3.05) is 32.1 Å². The number of anilines is 1. The lowest BCUT2D eigenvalue weighted by atomic mass is 10.2. The van der Waals surface area contributed by atoms with Crippen LogP contribution in [-0.4, -0.2) is 43.5 Å². The summed E-state index contributed by atoms with van der Waals surface area (Å²) in [4.78, 5) is 25.6. The molecule has 122 valence electrons. The molecule has 0 aliphatic rings. The van der Waals surface area contributed by atoms with E-state index in [9.17, 15) is 9.59 Å². The fourth-order valence-corrected chi connectivity index (χ4v) is 2.26. The van der Waals surface area contributed by atoms with Crippen LogP contribution in [0.3, 0.4) is 0 Å². The van der Waals surface area contributed by atoms with E-state index in [1.54, 1.807) is 24.3 Å². The molecule has 22 heavy (non-hydrogen) atoms. The van der Waals surface area contributed by atoms with Gasteiger partial charge in [0.05, 0.1) is 12.7 Å². The molecule has 0 spiro atoms. The van der Waals surface area contributed by atoms with Gasteiger partial charge in [-0.05, 0) is 50.2 Å². The van der Waals surface area contributed by atoms with Crippen molar-refractivity contribution in [3.05, 3.63) is 29.8 Å². The topological polar surface area (TPSA) is 58.6 Å². The lowest BCUT2D eigenvalue weighted by molar-refractivity contribution is -0.116. The minimum Gasteiger partial charge on any atom is -0.465 e. The molecule has 0 saturated carbocycles. The van der Waals surface area contributed by atoms with Crippen molar-refractivity contribution in [2.45, 2.75) is 33.1 Å². The summed E-state index contributed by atoms with van der Waals surface area (Å²) in [6.45, 7) is 7.11. The van der Waals surface area contributed by atoms with Crippen molar-refractivity contribution in [1.29, 1.82) is 0 Å². The molecule has 1 aromatic rings. The number of hydrogen-bond acceptors (Lipinski definition) is 4. The highest BCUT2D eigenvalue weighted by Gasteiger charge is 2.08. The Morgan fingerprint density at radius 2 is 1.64 bits per heavy atom. The Kier molecular flexibility index (Phi) is 8.22. The van der Waals surface area contributed by atoms with Crippen molar-refractivity contribution in [3.63, 3.8) is 0 Å². The highest BCUT2D eigenvalue weighted by atomic mass is 16.5. The molecular formula is C17H26N2O3. The van der Waals surface area contributed by atoms with E-state index in [2.05, 4.69) is 28.8 Å². The van der Waals surface area contributed by atoms with Crippen LogP contribution in [0.4, 0.5) is 5.69 Å². The number of carbonyl (C=O) groups excluding carboxylic acids is 2. The molecule has 0 saturated heterocycles. The largest absolute Gasteiger partial charge is 0.465 e. The minimum absolute atomic E-state index is 0.0111. The molecule has 0 fully saturated rings. The fraction of sp³-hybridized carbons (Fsp3) is 0.529. The maximum absolute atomic E-state index is 12.0. The van der Waals surface area contributed by atoms with Crippen LogP contribution in [0, 0.1) is 0 Å². The van der Waals surface area contributed by atoms with Crippen LogP contribution in [0.1, 0.15) is 43.5 Å². The van der Waals surface area contributed by atoms with Gasteiger partial charge in [0.25, 0.3) is 0 Å². The van der Waals surface area contributed by atoms with Gasteiger partial charge in [0, 0.05) is 18.7 Å². The second-order valence-electron chi connectivity index (χ2n) is 5.21. The van der Waals surface area contributed by atoms with E-state index in [4.69, 9.17) is 0 Å². The summed E-state index contributed by atoms with van der Waals surface area (Å²) in [5, 5.41) is 2.85. The van der Waals surface area contributed by atoms with Crippen LogP contribution in [0.25, 0.3) is 0 Å². The molecule has 1 amide bonds. The number of esters is 1. The molecule has 1 rings (SSSR count). The quantitative estimate of drug-likeness (QED) is 0.713. The zero-order chi connectivity index (χ0) is 16.4. The summed E-state index contributed by atoms with van der Waals surface area (Å²) in [5.74, 6) is -0.393. The molecule has 0 aliphatic carbocycles. The molecule has 0 heterocycles. The van der Waals surface area contributed by atoms with Gasteiger partial charge in [0.2, 0.25) is 5.91 Å². The lowest BCUT2D eigenvalue weighted by Gasteiger charge is -2.20. The van der Waals surface area contributed by atoms with Crippen LogP contribution >= 0.6 is 0 Å². The van der Waals surface area contributed by atoms with E-state index in [-0.39, 0.29) is 11.9 Å². The van der Waals surface area contributed by atoms with Crippen molar-refractivity contribution in [3.8, 4) is 0 Å². The van der Waals surface area contributed by atoms with Crippen molar-refractivity contribution < 1.29 is 14.3 Å². The number of hydrogen-bond donors (Lipinski definition) is 1. The van der Waals surface area contributed by atoms with Crippen LogP contribution < -0.4 is 5.32 Å². The Hall–Kier alpha value is -1.88. The molecule has 0 bridgehead atoms.